The van der Waals surface area contributed by atoms with Crippen LogP contribution < -0.4 is 5.32 Å². The number of amides is 1. The Morgan fingerprint density at radius 3 is 2.50 bits per heavy atom. The SMILES string of the molecule is COC(=O)C1CCN1CCNC(=O)OC(C)(C)C. The van der Waals surface area contributed by atoms with Gasteiger partial charge in [0.15, 0.2) is 0 Å². The van der Waals surface area contributed by atoms with E-state index in [0.717, 1.165) is 13.0 Å². The quantitative estimate of drug-likeness (QED) is 0.754. The van der Waals surface area contributed by atoms with E-state index < -0.39 is 11.7 Å². The minimum atomic E-state index is -0.491. The lowest BCUT2D eigenvalue weighted by Crippen LogP contribution is -2.54. The van der Waals surface area contributed by atoms with Crippen molar-refractivity contribution in [1.29, 1.82) is 0 Å². The van der Waals surface area contributed by atoms with Crippen LogP contribution in [0.1, 0.15) is 27.2 Å². The van der Waals surface area contributed by atoms with Gasteiger partial charge in [0.2, 0.25) is 0 Å². The second kappa shape index (κ2) is 6.04. The van der Waals surface area contributed by atoms with Gasteiger partial charge in [0.1, 0.15) is 11.6 Å². The first-order chi connectivity index (χ1) is 8.33. The number of carbonyl (C=O) groups excluding carboxylic acids is 2. The molecule has 1 rings (SSSR count). The molecule has 6 heteroatoms. The standard InChI is InChI=1S/C12H22N2O4/c1-12(2,3)18-11(16)13-6-8-14-7-5-9(14)10(15)17-4/h9H,5-8H2,1-4H3,(H,13,16). The summed E-state index contributed by atoms with van der Waals surface area (Å²) < 4.78 is 9.79. The number of esters is 1. The van der Waals surface area contributed by atoms with Crippen molar-refractivity contribution in [2.45, 2.75) is 38.8 Å². The number of hydrogen-bond donors (Lipinski definition) is 1. The molecule has 0 spiro atoms. The average molecular weight is 258 g/mol. The minimum absolute atomic E-state index is 0.157. The smallest absolute Gasteiger partial charge is 0.407 e. The lowest BCUT2D eigenvalue weighted by Gasteiger charge is -2.38. The van der Waals surface area contributed by atoms with Crippen molar-refractivity contribution in [1.82, 2.24) is 10.2 Å². The number of nitrogens with one attached hydrogen (secondary N) is 1. The van der Waals surface area contributed by atoms with E-state index in [1.807, 2.05) is 25.7 Å². The molecule has 0 aromatic heterocycles. The minimum Gasteiger partial charge on any atom is -0.468 e. The van der Waals surface area contributed by atoms with Gasteiger partial charge in [-0.2, -0.15) is 0 Å². The maximum absolute atomic E-state index is 11.4. The van der Waals surface area contributed by atoms with E-state index in [-0.39, 0.29) is 12.0 Å². The number of nitrogens with zero attached hydrogens (tertiary/aromatic N) is 1. The molecule has 1 unspecified atom stereocenters. The molecule has 18 heavy (non-hydrogen) atoms. The van der Waals surface area contributed by atoms with E-state index in [2.05, 4.69) is 10.1 Å². The second-order valence-corrected chi connectivity index (χ2v) is 5.29. The predicted molar refractivity (Wildman–Crippen MR) is 66.2 cm³/mol. The van der Waals surface area contributed by atoms with E-state index in [0.29, 0.717) is 13.1 Å². The molecule has 6 nitrogen and oxygen atoms in total. The van der Waals surface area contributed by atoms with Crippen LogP contribution in [0.3, 0.4) is 0 Å². The third-order valence-corrected chi connectivity index (χ3v) is 2.67. The first-order valence-corrected chi connectivity index (χ1v) is 6.12. The molecule has 1 fully saturated rings. The summed E-state index contributed by atoms with van der Waals surface area (Å²) in [6.45, 7) is 7.39. The van der Waals surface area contributed by atoms with Crippen molar-refractivity contribution < 1.29 is 19.1 Å². The molecule has 104 valence electrons. The number of ether oxygens (including phenoxy) is 2. The van der Waals surface area contributed by atoms with Crippen LogP contribution in [0.15, 0.2) is 0 Å². The van der Waals surface area contributed by atoms with Crippen molar-refractivity contribution in [2.24, 2.45) is 0 Å². The van der Waals surface area contributed by atoms with Crippen molar-refractivity contribution in [3.05, 3.63) is 0 Å². The zero-order chi connectivity index (χ0) is 13.8. The Bertz CT molecular complexity index is 312. The highest BCUT2D eigenvalue weighted by Crippen LogP contribution is 2.17. The highest BCUT2D eigenvalue weighted by molar-refractivity contribution is 5.76. The summed E-state index contributed by atoms with van der Waals surface area (Å²) in [5.74, 6) is -0.210. The lowest BCUT2D eigenvalue weighted by atomic mass is 10.0. The van der Waals surface area contributed by atoms with Crippen molar-refractivity contribution in [3.63, 3.8) is 0 Å². The first-order valence-electron chi connectivity index (χ1n) is 6.12. The molecule has 1 aliphatic heterocycles. The fourth-order valence-corrected chi connectivity index (χ4v) is 1.73. The lowest BCUT2D eigenvalue weighted by molar-refractivity contribution is -0.151. The molecule has 1 aliphatic rings. The molecular formula is C12H22N2O4. The molecule has 0 aromatic carbocycles. The predicted octanol–water partition coefficient (Wildman–Crippen LogP) is 0.758. The molecule has 1 amide bonds. The van der Waals surface area contributed by atoms with E-state index in [4.69, 9.17) is 4.74 Å². The van der Waals surface area contributed by atoms with Crippen LogP contribution in [0, 0.1) is 0 Å². The van der Waals surface area contributed by atoms with Crippen LogP contribution in [-0.4, -0.2) is 55.3 Å². The topological polar surface area (TPSA) is 67.9 Å². The van der Waals surface area contributed by atoms with Gasteiger partial charge in [-0.3, -0.25) is 9.69 Å². The Morgan fingerprint density at radius 1 is 1.39 bits per heavy atom. The van der Waals surface area contributed by atoms with Crippen molar-refractivity contribution >= 4 is 12.1 Å². The highest BCUT2D eigenvalue weighted by Gasteiger charge is 2.34. The van der Waals surface area contributed by atoms with Gasteiger partial charge in [-0.1, -0.05) is 0 Å². The summed E-state index contributed by atoms with van der Waals surface area (Å²) in [6.07, 6.45) is 0.386. The van der Waals surface area contributed by atoms with E-state index in [9.17, 15) is 9.59 Å². The summed E-state index contributed by atoms with van der Waals surface area (Å²) in [5.41, 5.74) is -0.491. The van der Waals surface area contributed by atoms with Crippen molar-refractivity contribution in [2.75, 3.05) is 26.7 Å². The highest BCUT2D eigenvalue weighted by atomic mass is 16.6. The third-order valence-electron chi connectivity index (χ3n) is 2.67. The number of hydrogen-bond acceptors (Lipinski definition) is 5. The van der Waals surface area contributed by atoms with Crippen LogP contribution in [-0.2, 0) is 14.3 Å². The number of likely N-dealkylation sites (tertiary alicyclic amines) is 1. The van der Waals surface area contributed by atoms with Crippen LogP contribution in [0.5, 0.6) is 0 Å². The monoisotopic (exact) mass is 258 g/mol. The van der Waals surface area contributed by atoms with Gasteiger partial charge in [0.25, 0.3) is 0 Å². The molecule has 0 saturated carbocycles. The maximum Gasteiger partial charge on any atom is 0.407 e. The molecule has 1 heterocycles. The van der Waals surface area contributed by atoms with Gasteiger partial charge in [-0.25, -0.2) is 4.79 Å². The molecule has 0 radical (unpaired) electrons. The van der Waals surface area contributed by atoms with E-state index >= 15 is 0 Å². The Balaban J connectivity index is 2.19. The van der Waals surface area contributed by atoms with Crippen LogP contribution >= 0.6 is 0 Å². The Hall–Kier alpha value is -1.30. The first kappa shape index (κ1) is 14.8. The zero-order valence-corrected chi connectivity index (χ0v) is 11.5. The molecule has 0 aromatic rings. The molecule has 1 N–H and O–H groups in total. The average Bonchev–Trinajstić information content (AvgIpc) is 2.19. The third kappa shape index (κ3) is 4.52. The number of rotatable bonds is 4. The van der Waals surface area contributed by atoms with Crippen LogP contribution in [0.2, 0.25) is 0 Å². The van der Waals surface area contributed by atoms with Gasteiger partial charge in [0, 0.05) is 19.6 Å². The van der Waals surface area contributed by atoms with Crippen molar-refractivity contribution in [3.8, 4) is 0 Å². The van der Waals surface area contributed by atoms with Gasteiger partial charge < -0.3 is 14.8 Å². The number of carbonyl (C=O) groups is 2. The summed E-state index contributed by atoms with van der Waals surface area (Å²) in [4.78, 5) is 24.7. The van der Waals surface area contributed by atoms with Crippen LogP contribution in [0.4, 0.5) is 4.79 Å². The summed E-state index contributed by atoms with van der Waals surface area (Å²) in [7, 11) is 1.39. The van der Waals surface area contributed by atoms with Crippen LogP contribution in [0.25, 0.3) is 0 Å². The second-order valence-electron chi connectivity index (χ2n) is 5.29. The Kier molecular flexibility index (Phi) is 4.95. The molecule has 0 bridgehead atoms. The summed E-state index contributed by atoms with van der Waals surface area (Å²) in [5, 5.41) is 2.66. The van der Waals surface area contributed by atoms with Gasteiger partial charge in [-0.05, 0) is 27.2 Å². The fourth-order valence-electron chi connectivity index (χ4n) is 1.73. The molecule has 1 atom stereocenters. The van der Waals surface area contributed by atoms with Gasteiger partial charge >= 0.3 is 12.1 Å². The normalized spacial score (nSPS) is 19.9. The van der Waals surface area contributed by atoms with Gasteiger partial charge in [-0.15, -0.1) is 0 Å². The summed E-state index contributed by atoms with van der Waals surface area (Å²) >= 11 is 0. The zero-order valence-electron chi connectivity index (χ0n) is 11.5. The largest absolute Gasteiger partial charge is 0.468 e. The Labute approximate surface area is 108 Å². The van der Waals surface area contributed by atoms with E-state index in [1.165, 1.54) is 7.11 Å². The summed E-state index contributed by atoms with van der Waals surface area (Å²) in [6, 6.07) is -0.157. The number of alkyl carbamates (subject to hydrolysis) is 1. The van der Waals surface area contributed by atoms with E-state index in [1.54, 1.807) is 0 Å². The molecule has 0 aliphatic carbocycles. The fraction of sp³-hybridized carbons (Fsp3) is 0.833. The Morgan fingerprint density at radius 2 is 2.06 bits per heavy atom. The molecule has 1 saturated heterocycles. The number of methoxy groups -OCH3 is 1. The maximum atomic E-state index is 11.4. The van der Waals surface area contributed by atoms with Gasteiger partial charge in [0.05, 0.1) is 7.11 Å². The molecular weight excluding hydrogens is 236 g/mol.